The zero-order valence-electron chi connectivity index (χ0n) is 16.5. The normalized spacial score (nSPS) is 24.4. The van der Waals surface area contributed by atoms with Crippen LogP contribution >= 0.6 is 0 Å². The van der Waals surface area contributed by atoms with Crippen LogP contribution in [-0.2, 0) is 16.0 Å². The van der Waals surface area contributed by atoms with Gasteiger partial charge in [0.25, 0.3) is 0 Å². The molecule has 3 rings (SSSR count). The second-order valence-corrected chi connectivity index (χ2v) is 8.12. The summed E-state index contributed by atoms with van der Waals surface area (Å²) in [6.07, 6.45) is 0.343. The Hall–Kier alpha value is -2.08. The highest BCUT2D eigenvalue weighted by Crippen LogP contribution is 2.42. The number of fused-ring (bicyclic) bond motifs is 1. The molecule has 0 spiro atoms. The average Bonchev–Trinajstić information content (AvgIpc) is 3.17. The molecule has 148 valence electrons. The molecule has 0 saturated carbocycles. The minimum Gasteiger partial charge on any atom is -0.494 e. The summed E-state index contributed by atoms with van der Waals surface area (Å²) in [4.78, 5) is 28.8. The highest BCUT2D eigenvalue weighted by atomic mass is 16.5. The van der Waals surface area contributed by atoms with Crippen molar-refractivity contribution in [1.82, 2.24) is 9.80 Å². The number of benzene rings is 1. The number of amides is 2. The molecule has 2 amide bonds. The Balaban J connectivity index is 1.62. The van der Waals surface area contributed by atoms with E-state index in [9.17, 15) is 14.7 Å². The largest absolute Gasteiger partial charge is 0.494 e. The van der Waals surface area contributed by atoms with Gasteiger partial charge in [0.1, 0.15) is 5.75 Å². The van der Waals surface area contributed by atoms with E-state index in [0.717, 1.165) is 11.3 Å². The summed E-state index contributed by atoms with van der Waals surface area (Å²) < 4.78 is 5.43. The second-order valence-electron chi connectivity index (χ2n) is 8.12. The van der Waals surface area contributed by atoms with Crippen molar-refractivity contribution >= 4 is 11.8 Å². The molecule has 27 heavy (non-hydrogen) atoms. The van der Waals surface area contributed by atoms with E-state index in [4.69, 9.17) is 4.74 Å². The summed E-state index contributed by atoms with van der Waals surface area (Å²) in [5.41, 5.74) is 0.578. The Morgan fingerprint density at radius 1 is 1.19 bits per heavy atom. The van der Waals surface area contributed by atoms with Gasteiger partial charge in [0.05, 0.1) is 19.6 Å². The maximum atomic E-state index is 12.8. The molecule has 0 radical (unpaired) electrons. The quantitative estimate of drug-likeness (QED) is 0.820. The second kappa shape index (κ2) is 7.89. The molecule has 1 aromatic carbocycles. The van der Waals surface area contributed by atoms with Crippen molar-refractivity contribution in [3.05, 3.63) is 29.8 Å². The lowest BCUT2D eigenvalue weighted by atomic mass is 9.82. The zero-order valence-corrected chi connectivity index (χ0v) is 16.5. The summed E-state index contributed by atoms with van der Waals surface area (Å²) in [5, 5.41) is 10.0. The molecule has 0 aliphatic carbocycles. The van der Waals surface area contributed by atoms with Crippen LogP contribution in [0.4, 0.5) is 0 Å². The summed E-state index contributed by atoms with van der Waals surface area (Å²) in [6.45, 7) is 8.66. The van der Waals surface area contributed by atoms with E-state index in [0.29, 0.717) is 39.2 Å². The molecule has 6 heteroatoms. The van der Waals surface area contributed by atoms with Crippen LogP contribution in [0, 0.1) is 17.3 Å². The van der Waals surface area contributed by atoms with E-state index in [1.54, 1.807) is 0 Å². The maximum Gasteiger partial charge on any atom is 0.227 e. The minimum atomic E-state index is -0.376. The Kier molecular flexibility index (Phi) is 5.75. The molecule has 2 aliphatic rings. The van der Waals surface area contributed by atoms with Crippen molar-refractivity contribution in [2.24, 2.45) is 17.3 Å². The van der Waals surface area contributed by atoms with E-state index >= 15 is 0 Å². The van der Waals surface area contributed by atoms with E-state index in [1.165, 1.54) is 0 Å². The van der Waals surface area contributed by atoms with Crippen LogP contribution in [0.5, 0.6) is 5.75 Å². The first-order valence-electron chi connectivity index (χ1n) is 9.77. The van der Waals surface area contributed by atoms with Gasteiger partial charge in [-0.05, 0) is 24.6 Å². The number of hydrogen-bond donors (Lipinski definition) is 1. The third-order valence-corrected chi connectivity index (χ3v) is 5.82. The molecular weight excluding hydrogens is 344 g/mol. The lowest BCUT2D eigenvalue weighted by molar-refractivity contribution is -0.134. The van der Waals surface area contributed by atoms with Gasteiger partial charge in [-0.1, -0.05) is 26.0 Å². The molecule has 2 aliphatic heterocycles. The van der Waals surface area contributed by atoms with E-state index < -0.39 is 0 Å². The standard InChI is InChI=1S/C21H30N2O4/c1-4-27-18-7-5-16(6-8-18)9-19(25)22-10-17-11-23(20(26)15(2)3)13-21(17,12-22)14-24/h5-8,15,17,24H,4,9-14H2,1-3H3/t17-,21+/m0/s1. The van der Waals surface area contributed by atoms with Crippen molar-refractivity contribution < 1.29 is 19.4 Å². The summed E-state index contributed by atoms with van der Waals surface area (Å²) >= 11 is 0. The fourth-order valence-electron chi connectivity index (χ4n) is 4.28. The molecule has 2 atom stereocenters. The van der Waals surface area contributed by atoms with E-state index in [2.05, 4.69) is 0 Å². The Morgan fingerprint density at radius 2 is 1.81 bits per heavy atom. The van der Waals surface area contributed by atoms with Gasteiger partial charge in [-0.15, -0.1) is 0 Å². The zero-order chi connectivity index (χ0) is 19.6. The van der Waals surface area contributed by atoms with Crippen molar-refractivity contribution in [1.29, 1.82) is 0 Å². The fraction of sp³-hybridized carbons (Fsp3) is 0.619. The first-order chi connectivity index (χ1) is 12.9. The van der Waals surface area contributed by atoms with Crippen LogP contribution in [0.25, 0.3) is 0 Å². The van der Waals surface area contributed by atoms with Gasteiger partial charge in [0, 0.05) is 43.4 Å². The van der Waals surface area contributed by atoms with Crippen molar-refractivity contribution in [2.75, 3.05) is 39.4 Å². The monoisotopic (exact) mass is 374 g/mol. The number of ether oxygens (including phenoxy) is 1. The van der Waals surface area contributed by atoms with Crippen LogP contribution in [0.2, 0.25) is 0 Å². The van der Waals surface area contributed by atoms with E-state index in [-0.39, 0.29) is 35.7 Å². The third kappa shape index (κ3) is 3.95. The Bertz CT molecular complexity index is 688. The minimum absolute atomic E-state index is 0.00632. The van der Waals surface area contributed by atoms with Gasteiger partial charge in [-0.25, -0.2) is 0 Å². The van der Waals surface area contributed by atoms with E-state index in [1.807, 2.05) is 54.8 Å². The number of aliphatic hydroxyl groups excluding tert-OH is 1. The molecule has 1 aromatic rings. The molecule has 2 fully saturated rings. The number of likely N-dealkylation sites (tertiary alicyclic amines) is 2. The van der Waals surface area contributed by atoms with Crippen LogP contribution in [0.15, 0.2) is 24.3 Å². The summed E-state index contributed by atoms with van der Waals surface area (Å²) in [5.74, 6) is 1.11. The first kappa shape index (κ1) is 19.7. The lowest BCUT2D eigenvalue weighted by Crippen LogP contribution is -2.41. The molecule has 0 bridgehead atoms. The molecule has 2 heterocycles. The van der Waals surface area contributed by atoms with Crippen molar-refractivity contribution in [3.63, 3.8) is 0 Å². The smallest absolute Gasteiger partial charge is 0.227 e. The van der Waals surface area contributed by atoms with Gasteiger partial charge in [-0.2, -0.15) is 0 Å². The predicted molar refractivity (Wildman–Crippen MR) is 102 cm³/mol. The molecule has 2 saturated heterocycles. The number of hydrogen-bond acceptors (Lipinski definition) is 4. The number of carbonyl (C=O) groups is 2. The van der Waals surface area contributed by atoms with Gasteiger partial charge >= 0.3 is 0 Å². The van der Waals surface area contributed by atoms with Crippen molar-refractivity contribution in [2.45, 2.75) is 27.2 Å². The molecule has 0 unspecified atom stereocenters. The highest BCUT2D eigenvalue weighted by Gasteiger charge is 2.54. The van der Waals surface area contributed by atoms with Gasteiger partial charge in [-0.3, -0.25) is 9.59 Å². The third-order valence-electron chi connectivity index (χ3n) is 5.82. The van der Waals surface area contributed by atoms with Crippen LogP contribution < -0.4 is 4.74 Å². The first-order valence-corrected chi connectivity index (χ1v) is 9.77. The number of aliphatic hydroxyl groups is 1. The Morgan fingerprint density at radius 3 is 2.37 bits per heavy atom. The summed E-state index contributed by atoms with van der Waals surface area (Å²) in [6, 6.07) is 7.61. The summed E-state index contributed by atoms with van der Waals surface area (Å²) in [7, 11) is 0. The molecular formula is C21H30N2O4. The lowest BCUT2D eigenvalue weighted by Gasteiger charge is -2.28. The highest BCUT2D eigenvalue weighted by molar-refractivity contribution is 5.80. The van der Waals surface area contributed by atoms with Crippen LogP contribution in [0.3, 0.4) is 0 Å². The molecule has 6 nitrogen and oxygen atoms in total. The van der Waals surface area contributed by atoms with Gasteiger partial charge in [0.2, 0.25) is 11.8 Å². The number of rotatable bonds is 6. The fourth-order valence-corrected chi connectivity index (χ4v) is 4.28. The van der Waals surface area contributed by atoms with Gasteiger partial charge in [0.15, 0.2) is 0 Å². The van der Waals surface area contributed by atoms with Gasteiger partial charge < -0.3 is 19.6 Å². The average molecular weight is 374 g/mol. The molecule has 1 N–H and O–H groups in total. The topological polar surface area (TPSA) is 70.1 Å². The maximum absolute atomic E-state index is 12.8. The predicted octanol–water partition coefficient (Wildman–Crippen LogP) is 1.56. The van der Waals surface area contributed by atoms with Crippen LogP contribution in [-0.4, -0.2) is 66.1 Å². The number of carbonyl (C=O) groups excluding carboxylic acids is 2. The van der Waals surface area contributed by atoms with Crippen LogP contribution in [0.1, 0.15) is 26.3 Å². The SMILES string of the molecule is CCOc1ccc(CC(=O)N2C[C@H]3CN(C(=O)C(C)C)C[C@@]3(CO)C2)cc1. The number of nitrogens with zero attached hydrogens (tertiary/aromatic N) is 2. The Labute approximate surface area is 161 Å². The molecule has 0 aromatic heterocycles. The van der Waals surface area contributed by atoms with Crippen molar-refractivity contribution in [3.8, 4) is 5.75 Å².